The number of fused-ring (bicyclic) bond motifs is 1. The molecule has 2 amide bonds. The molecule has 0 saturated carbocycles. The molecule has 0 radical (unpaired) electrons. The number of nitrogens with one attached hydrogen (secondary N) is 2. The van der Waals surface area contributed by atoms with Crippen LogP contribution in [-0.4, -0.2) is 46.8 Å². The van der Waals surface area contributed by atoms with Crippen LogP contribution in [0.3, 0.4) is 0 Å². The first-order chi connectivity index (χ1) is 14.7. The van der Waals surface area contributed by atoms with Crippen molar-refractivity contribution in [2.24, 2.45) is 7.05 Å². The minimum Gasteiger partial charge on any atom is -0.350 e. The van der Waals surface area contributed by atoms with Crippen LogP contribution in [0.1, 0.15) is 17.2 Å². The third-order valence-electron chi connectivity index (χ3n) is 5.25. The lowest BCUT2D eigenvalue weighted by Gasteiger charge is -2.24. The van der Waals surface area contributed by atoms with Crippen molar-refractivity contribution in [3.63, 3.8) is 0 Å². The lowest BCUT2D eigenvalue weighted by atomic mass is 10.0. The Bertz CT molecular complexity index is 1150. The maximum atomic E-state index is 12.4. The predicted molar refractivity (Wildman–Crippen MR) is 119 cm³/mol. The van der Waals surface area contributed by atoms with E-state index in [1.807, 2.05) is 61.1 Å². The van der Waals surface area contributed by atoms with Gasteiger partial charge in [-0.2, -0.15) is 0 Å². The van der Waals surface area contributed by atoms with Gasteiger partial charge >= 0.3 is 11.8 Å². The lowest BCUT2D eigenvalue weighted by Crippen LogP contribution is -2.40. The number of non-ortho nitro benzene ring substituents is 1. The maximum absolute atomic E-state index is 12.4. The van der Waals surface area contributed by atoms with Crippen LogP contribution < -0.4 is 10.6 Å². The zero-order valence-electron chi connectivity index (χ0n) is 17.9. The third kappa shape index (κ3) is 4.72. The number of nitrogens with zero attached hydrogens (tertiary/aromatic N) is 3. The van der Waals surface area contributed by atoms with Gasteiger partial charge in [0.2, 0.25) is 0 Å². The molecule has 3 rings (SSSR count). The summed E-state index contributed by atoms with van der Waals surface area (Å²) in [6.45, 7) is 1.92. The zero-order valence-corrected chi connectivity index (χ0v) is 17.9. The summed E-state index contributed by atoms with van der Waals surface area (Å²) >= 11 is 0. The summed E-state index contributed by atoms with van der Waals surface area (Å²) in [6, 6.07) is 11.9. The topological polar surface area (TPSA) is 110 Å². The van der Waals surface area contributed by atoms with Crippen molar-refractivity contribution in [2.45, 2.75) is 13.0 Å². The number of rotatable bonds is 6. The molecule has 162 valence electrons. The molecule has 31 heavy (non-hydrogen) atoms. The summed E-state index contributed by atoms with van der Waals surface area (Å²) in [4.78, 5) is 37.2. The van der Waals surface area contributed by atoms with Crippen molar-refractivity contribution in [3.05, 3.63) is 69.9 Å². The van der Waals surface area contributed by atoms with Crippen molar-refractivity contribution in [1.29, 1.82) is 0 Å². The van der Waals surface area contributed by atoms with Gasteiger partial charge in [-0.25, -0.2) is 0 Å². The highest BCUT2D eigenvalue weighted by Crippen LogP contribution is 2.28. The van der Waals surface area contributed by atoms with Gasteiger partial charge in [0, 0.05) is 42.8 Å². The average molecular weight is 423 g/mol. The van der Waals surface area contributed by atoms with E-state index in [2.05, 4.69) is 10.6 Å². The van der Waals surface area contributed by atoms with Gasteiger partial charge in [0.25, 0.3) is 5.69 Å². The molecule has 0 bridgehead atoms. The first-order valence-corrected chi connectivity index (χ1v) is 9.73. The summed E-state index contributed by atoms with van der Waals surface area (Å²) in [6.07, 6.45) is 2.02. The second-order valence-electron chi connectivity index (χ2n) is 7.61. The summed E-state index contributed by atoms with van der Waals surface area (Å²) in [7, 11) is 5.78. The Morgan fingerprint density at radius 2 is 1.87 bits per heavy atom. The molecule has 0 fully saturated rings. The molecule has 1 aromatic heterocycles. The zero-order chi connectivity index (χ0) is 22.7. The van der Waals surface area contributed by atoms with Gasteiger partial charge in [-0.1, -0.05) is 24.3 Å². The van der Waals surface area contributed by atoms with E-state index in [1.165, 1.54) is 18.2 Å². The third-order valence-corrected chi connectivity index (χ3v) is 5.25. The monoisotopic (exact) mass is 423 g/mol. The smallest absolute Gasteiger partial charge is 0.313 e. The molecule has 0 saturated heterocycles. The fourth-order valence-electron chi connectivity index (χ4n) is 3.52. The highest BCUT2D eigenvalue weighted by Gasteiger charge is 2.22. The quantitative estimate of drug-likeness (QED) is 0.360. The number of hydrogen-bond donors (Lipinski definition) is 2. The van der Waals surface area contributed by atoms with Crippen LogP contribution >= 0.6 is 0 Å². The number of aryl methyl sites for hydroxylation is 2. The summed E-state index contributed by atoms with van der Waals surface area (Å²) in [5.41, 5.74) is 2.80. The summed E-state index contributed by atoms with van der Waals surface area (Å²) in [5.74, 6) is -1.68. The molecule has 0 spiro atoms. The van der Waals surface area contributed by atoms with Gasteiger partial charge in [0.05, 0.1) is 16.7 Å². The number of nitro benzene ring substituents is 1. The molecule has 1 atom stereocenters. The first-order valence-electron chi connectivity index (χ1n) is 9.73. The van der Waals surface area contributed by atoms with E-state index in [-0.39, 0.29) is 24.0 Å². The van der Waals surface area contributed by atoms with Gasteiger partial charge in [-0.15, -0.1) is 0 Å². The van der Waals surface area contributed by atoms with E-state index >= 15 is 0 Å². The lowest BCUT2D eigenvalue weighted by molar-refractivity contribution is -0.384. The minimum atomic E-state index is -0.876. The van der Waals surface area contributed by atoms with Crippen molar-refractivity contribution < 1.29 is 14.5 Å². The summed E-state index contributed by atoms with van der Waals surface area (Å²) in [5, 5.41) is 17.2. The van der Waals surface area contributed by atoms with E-state index in [0.29, 0.717) is 5.56 Å². The molecule has 0 aliphatic carbocycles. The average Bonchev–Trinajstić information content (AvgIpc) is 3.05. The van der Waals surface area contributed by atoms with Crippen LogP contribution in [0, 0.1) is 17.0 Å². The van der Waals surface area contributed by atoms with Crippen LogP contribution in [-0.2, 0) is 16.6 Å². The Kier molecular flexibility index (Phi) is 6.36. The standard InChI is InChI=1S/C22H25N5O4/c1-14-9-10-15(27(30)31)11-18(14)24-22(29)21(28)23-12-20(25(2)3)17-13-26(4)19-8-6-5-7-16(17)19/h5-11,13,20H,12H2,1-4H3,(H,23,28)(H,24,29). The molecular formula is C22H25N5O4. The number of aromatic nitrogens is 1. The highest BCUT2D eigenvalue weighted by atomic mass is 16.6. The number of carbonyl (C=O) groups is 2. The van der Waals surface area contributed by atoms with E-state index in [4.69, 9.17) is 0 Å². The van der Waals surface area contributed by atoms with Gasteiger partial charge in [0.15, 0.2) is 0 Å². The Labute approximate surface area is 179 Å². The van der Waals surface area contributed by atoms with E-state index in [0.717, 1.165) is 16.5 Å². The Hall–Kier alpha value is -3.72. The van der Waals surface area contributed by atoms with Gasteiger partial charge in [-0.05, 0) is 38.2 Å². The Morgan fingerprint density at radius 3 is 2.55 bits per heavy atom. The van der Waals surface area contributed by atoms with Crippen LogP contribution in [0.5, 0.6) is 0 Å². The molecule has 0 aliphatic heterocycles. The van der Waals surface area contributed by atoms with Crippen LogP contribution in [0.2, 0.25) is 0 Å². The minimum absolute atomic E-state index is 0.151. The van der Waals surface area contributed by atoms with Crippen LogP contribution in [0.25, 0.3) is 10.9 Å². The van der Waals surface area contributed by atoms with E-state index in [1.54, 1.807) is 6.92 Å². The Morgan fingerprint density at radius 1 is 1.16 bits per heavy atom. The Balaban J connectivity index is 1.73. The number of amides is 2. The van der Waals surface area contributed by atoms with Gasteiger partial charge in [0.1, 0.15) is 0 Å². The maximum Gasteiger partial charge on any atom is 0.313 e. The van der Waals surface area contributed by atoms with Crippen LogP contribution in [0.4, 0.5) is 11.4 Å². The fraction of sp³-hybridized carbons (Fsp3) is 0.273. The number of hydrogen-bond acceptors (Lipinski definition) is 5. The van der Waals surface area contributed by atoms with Crippen LogP contribution in [0.15, 0.2) is 48.7 Å². The number of anilines is 1. The predicted octanol–water partition coefficient (Wildman–Crippen LogP) is 2.75. The molecule has 1 unspecified atom stereocenters. The molecular weight excluding hydrogens is 398 g/mol. The van der Waals surface area contributed by atoms with E-state index in [9.17, 15) is 19.7 Å². The molecule has 2 N–H and O–H groups in total. The second kappa shape index (κ2) is 8.97. The van der Waals surface area contributed by atoms with Crippen molar-refractivity contribution in [1.82, 2.24) is 14.8 Å². The largest absolute Gasteiger partial charge is 0.350 e. The number of benzene rings is 2. The van der Waals surface area contributed by atoms with Crippen molar-refractivity contribution >= 4 is 34.1 Å². The number of nitro groups is 1. The fourth-order valence-corrected chi connectivity index (χ4v) is 3.52. The van der Waals surface area contributed by atoms with Crippen molar-refractivity contribution in [3.8, 4) is 0 Å². The molecule has 3 aromatic rings. The SMILES string of the molecule is Cc1ccc([N+](=O)[O-])cc1NC(=O)C(=O)NCC(c1cn(C)c2ccccc12)N(C)C. The number of likely N-dealkylation sites (N-methyl/N-ethyl adjacent to an activating group) is 1. The first kappa shape index (κ1) is 22.0. The molecule has 0 aliphatic rings. The second-order valence-corrected chi connectivity index (χ2v) is 7.61. The summed E-state index contributed by atoms with van der Waals surface area (Å²) < 4.78 is 2.03. The normalized spacial score (nSPS) is 12.0. The number of para-hydroxylation sites is 1. The van der Waals surface area contributed by atoms with Gasteiger partial charge < -0.3 is 20.1 Å². The van der Waals surface area contributed by atoms with Gasteiger partial charge in [-0.3, -0.25) is 19.7 Å². The van der Waals surface area contributed by atoms with Crippen molar-refractivity contribution in [2.75, 3.05) is 26.0 Å². The van der Waals surface area contributed by atoms with E-state index < -0.39 is 16.7 Å². The molecule has 2 aromatic carbocycles. The molecule has 9 nitrogen and oxygen atoms in total. The molecule has 9 heteroatoms. The number of carbonyl (C=O) groups excluding carboxylic acids is 2. The highest BCUT2D eigenvalue weighted by molar-refractivity contribution is 6.39. The molecule has 1 heterocycles.